The number of anilines is 1. The van der Waals surface area contributed by atoms with Crippen LogP contribution in [0.2, 0.25) is 10.0 Å². The molecule has 29 heavy (non-hydrogen) atoms. The van der Waals surface area contributed by atoms with Crippen molar-refractivity contribution in [2.24, 2.45) is 0 Å². The van der Waals surface area contributed by atoms with E-state index in [0.29, 0.717) is 37.3 Å². The zero-order chi connectivity index (χ0) is 21.0. The minimum atomic E-state index is -0.428. The Labute approximate surface area is 187 Å². The van der Waals surface area contributed by atoms with Gasteiger partial charge in [0.25, 0.3) is 5.91 Å². The van der Waals surface area contributed by atoms with Gasteiger partial charge in [0, 0.05) is 0 Å². The Morgan fingerprint density at radius 2 is 1.90 bits per heavy atom. The fraction of sp³-hybridized carbons (Fsp3) is 0.150. The second-order valence-corrected chi connectivity index (χ2v) is 8.27. The maximum atomic E-state index is 12.8. The first-order chi connectivity index (χ1) is 13.9. The van der Waals surface area contributed by atoms with Crippen molar-refractivity contribution in [3.63, 3.8) is 0 Å². The Kier molecular flexibility index (Phi) is 7.18. The number of hydrogen-bond donors (Lipinski definition) is 0. The molecule has 1 saturated heterocycles. The van der Waals surface area contributed by atoms with E-state index in [1.807, 2.05) is 0 Å². The summed E-state index contributed by atoms with van der Waals surface area (Å²) >= 11 is 18.6. The summed E-state index contributed by atoms with van der Waals surface area (Å²) in [6, 6.07) is 11.9. The average molecular weight is 468 g/mol. The maximum absolute atomic E-state index is 12.8. The largest absolute Gasteiger partial charge is 0.482 e. The molecule has 9 heteroatoms. The van der Waals surface area contributed by atoms with E-state index in [4.69, 9.17) is 44.9 Å². The van der Waals surface area contributed by atoms with Gasteiger partial charge in [0.05, 0.1) is 27.2 Å². The fourth-order valence-electron chi connectivity index (χ4n) is 2.47. The first-order valence-electron chi connectivity index (χ1n) is 8.50. The van der Waals surface area contributed by atoms with Gasteiger partial charge in [0.1, 0.15) is 5.75 Å². The third-order valence-electron chi connectivity index (χ3n) is 3.79. The summed E-state index contributed by atoms with van der Waals surface area (Å²) in [6.07, 6.45) is 1.74. The van der Waals surface area contributed by atoms with E-state index < -0.39 is 5.97 Å². The molecule has 0 unspecified atom stereocenters. The van der Waals surface area contributed by atoms with Crippen LogP contribution < -0.4 is 9.64 Å². The Morgan fingerprint density at radius 3 is 2.55 bits per heavy atom. The molecule has 0 atom stereocenters. The third kappa shape index (κ3) is 5.30. The number of esters is 1. The molecule has 150 valence electrons. The van der Waals surface area contributed by atoms with Crippen LogP contribution in [0.3, 0.4) is 0 Å². The highest BCUT2D eigenvalue weighted by Crippen LogP contribution is 2.38. The van der Waals surface area contributed by atoms with Gasteiger partial charge in [-0.25, -0.2) is 4.79 Å². The highest BCUT2D eigenvalue weighted by molar-refractivity contribution is 8.27. The summed E-state index contributed by atoms with van der Waals surface area (Å²) in [5.41, 5.74) is 1.36. The van der Waals surface area contributed by atoms with Crippen molar-refractivity contribution in [2.45, 2.75) is 6.92 Å². The van der Waals surface area contributed by atoms with Crippen molar-refractivity contribution in [2.75, 3.05) is 18.1 Å². The molecule has 0 radical (unpaired) electrons. The molecule has 1 aliphatic rings. The smallest absolute Gasteiger partial charge is 0.344 e. The molecule has 0 aliphatic carbocycles. The summed E-state index contributed by atoms with van der Waals surface area (Å²) < 4.78 is 10.6. The van der Waals surface area contributed by atoms with Crippen LogP contribution in [0.1, 0.15) is 12.5 Å². The van der Waals surface area contributed by atoms with Crippen LogP contribution in [0.4, 0.5) is 5.69 Å². The van der Waals surface area contributed by atoms with E-state index in [-0.39, 0.29) is 12.5 Å². The van der Waals surface area contributed by atoms with Crippen molar-refractivity contribution >= 4 is 75.1 Å². The van der Waals surface area contributed by atoms with Crippen LogP contribution in [0.15, 0.2) is 47.4 Å². The lowest BCUT2D eigenvalue weighted by molar-refractivity contribution is -0.145. The molecule has 1 aliphatic heterocycles. The molecule has 2 aromatic rings. The van der Waals surface area contributed by atoms with Gasteiger partial charge in [-0.15, -0.1) is 0 Å². The maximum Gasteiger partial charge on any atom is 0.344 e. The quantitative estimate of drug-likeness (QED) is 0.324. The van der Waals surface area contributed by atoms with E-state index in [1.54, 1.807) is 55.5 Å². The van der Waals surface area contributed by atoms with Crippen LogP contribution in [-0.2, 0) is 14.3 Å². The first-order valence-corrected chi connectivity index (χ1v) is 10.5. The van der Waals surface area contributed by atoms with Gasteiger partial charge in [0.2, 0.25) is 0 Å². The Hall–Kier alpha value is -2.06. The molecule has 2 aromatic carbocycles. The summed E-state index contributed by atoms with van der Waals surface area (Å²) in [7, 11) is 0. The number of thiocarbonyl (C=S) groups is 1. The highest BCUT2D eigenvalue weighted by atomic mass is 35.5. The lowest BCUT2D eigenvalue weighted by Crippen LogP contribution is -2.27. The van der Waals surface area contributed by atoms with Crippen LogP contribution in [-0.4, -0.2) is 29.4 Å². The Bertz CT molecular complexity index is 992. The van der Waals surface area contributed by atoms with E-state index in [1.165, 1.54) is 16.7 Å². The highest BCUT2D eigenvalue weighted by Gasteiger charge is 2.33. The van der Waals surface area contributed by atoms with Gasteiger partial charge in [-0.05, 0) is 48.9 Å². The molecule has 1 fully saturated rings. The predicted molar refractivity (Wildman–Crippen MR) is 121 cm³/mol. The number of carbonyl (C=O) groups is 2. The second-order valence-electron chi connectivity index (χ2n) is 5.78. The SMILES string of the molecule is CCOC(=O)COc1ccc(/C=C2/SC(=S)N(c3ccc(Cl)c(Cl)c3)C2=O)cc1. The van der Waals surface area contributed by atoms with Crippen molar-refractivity contribution in [3.05, 3.63) is 63.0 Å². The molecule has 0 spiro atoms. The van der Waals surface area contributed by atoms with Gasteiger partial charge in [-0.2, -0.15) is 0 Å². The summed E-state index contributed by atoms with van der Waals surface area (Å²) in [4.78, 5) is 26.1. The number of ether oxygens (including phenoxy) is 2. The summed E-state index contributed by atoms with van der Waals surface area (Å²) in [5, 5.41) is 0.752. The fourth-order valence-corrected chi connectivity index (χ4v) is 4.06. The van der Waals surface area contributed by atoms with Gasteiger partial charge in [-0.1, -0.05) is 59.3 Å². The molecule has 1 heterocycles. The average Bonchev–Trinajstić information content (AvgIpc) is 2.97. The number of nitrogens with zero attached hydrogens (tertiary/aromatic N) is 1. The molecular weight excluding hydrogens is 453 g/mol. The number of hydrogen-bond acceptors (Lipinski definition) is 6. The molecule has 1 amide bonds. The summed E-state index contributed by atoms with van der Waals surface area (Å²) in [6.45, 7) is 1.88. The zero-order valence-corrected chi connectivity index (χ0v) is 18.3. The number of rotatable bonds is 6. The van der Waals surface area contributed by atoms with E-state index in [0.717, 1.165) is 5.56 Å². The van der Waals surface area contributed by atoms with Crippen molar-refractivity contribution in [1.29, 1.82) is 0 Å². The molecule has 0 saturated carbocycles. The molecule has 5 nitrogen and oxygen atoms in total. The molecule has 0 bridgehead atoms. The first kappa shape index (κ1) is 21.6. The topological polar surface area (TPSA) is 55.8 Å². The van der Waals surface area contributed by atoms with E-state index in [2.05, 4.69) is 0 Å². The number of benzene rings is 2. The van der Waals surface area contributed by atoms with Crippen LogP contribution >= 0.6 is 47.2 Å². The standard InChI is InChI=1S/C20H15Cl2NO4S2/c1-2-26-18(24)11-27-14-6-3-12(4-7-14)9-17-19(25)23(20(28)29-17)13-5-8-15(21)16(22)10-13/h3-10H,2,11H2,1H3/b17-9+. The van der Waals surface area contributed by atoms with Crippen LogP contribution in [0.25, 0.3) is 6.08 Å². The molecular formula is C20H15Cl2NO4S2. The lowest BCUT2D eigenvalue weighted by Gasteiger charge is -2.15. The second kappa shape index (κ2) is 9.63. The van der Waals surface area contributed by atoms with E-state index >= 15 is 0 Å². The minimum absolute atomic E-state index is 0.157. The summed E-state index contributed by atoms with van der Waals surface area (Å²) in [5.74, 6) is -0.137. The predicted octanol–water partition coefficient (Wildman–Crippen LogP) is 5.34. The third-order valence-corrected chi connectivity index (χ3v) is 5.84. The van der Waals surface area contributed by atoms with Gasteiger partial charge < -0.3 is 9.47 Å². The number of thioether (sulfide) groups is 1. The van der Waals surface area contributed by atoms with Crippen LogP contribution in [0, 0.1) is 0 Å². The Balaban J connectivity index is 1.72. The lowest BCUT2D eigenvalue weighted by atomic mass is 10.2. The Morgan fingerprint density at radius 1 is 1.17 bits per heavy atom. The molecule has 0 N–H and O–H groups in total. The van der Waals surface area contributed by atoms with Crippen molar-refractivity contribution in [1.82, 2.24) is 0 Å². The molecule has 0 aromatic heterocycles. The number of carbonyl (C=O) groups excluding carboxylic acids is 2. The van der Waals surface area contributed by atoms with Crippen molar-refractivity contribution < 1.29 is 19.1 Å². The number of halogens is 2. The monoisotopic (exact) mass is 467 g/mol. The minimum Gasteiger partial charge on any atom is -0.482 e. The van der Waals surface area contributed by atoms with Gasteiger partial charge in [0.15, 0.2) is 10.9 Å². The van der Waals surface area contributed by atoms with Gasteiger partial charge in [-0.3, -0.25) is 9.69 Å². The number of amides is 1. The molecule has 3 rings (SSSR count). The van der Waals surface area contributed by atoms with Gasteiger partial charge >= 0.3 is 5.97 Å². The normalized spacial score (nSPS) is 15.1. The van der Waals surface area contributed by atoms with Crippen LogP contribution in [0.5, 0.6) is 5.75 Å². The zero-order valence-electron chi connectivity index (χ0n) is 15.2. The van der Waals surface area contributed by atoms with E-state index in [9.17, 15) is 9.59 Å². The van der Waals surface area contributed by atoms with Crippen molar-refractivity contribution in [3.8, 4) is 5.75 Å².